The number of carbonyl (C=O) groups excluding carboxylic acids is 1. The molecule has 0 aliphatic heterocycles. The second-order valence-electron chi connectivity index (χ2n) is 3.30. The SMILES string of the molecule is O=C([O-])Cc1nc(-c2cc(Cl)ccc2Cl)cs1.[Na+]. The minimum atomic E-state index is -1.15. The molecular formula is C11H6Cl2NNaO2S. The molecule has 0 bridgehead atoms. The van der Waals surface area contributed by atoms with Crippen molar-refractivity contribution in [2.75, 3.05) is 0 Å². The van der Waals surface area contributed by atoms with E-state index in [1.807, 2.05) is 0 Å². The van der Waals surface area contributed by atoms with Gasteiger partial charge in [0.2, 0.25) is 0 Å². The van der Waals surface area contributed by atoms with Gasteiger partial charge < -0.3 is 9.90 Å². The van der Waals surface area contributed by atoms with E-state index in [-0.39, 0.29) is 36.0 Å². The van der Waals surface area contributed by atoms with Gasteiger partial charge in [-0.3, -0.25) is 0 Å². The largest absolute Gasteiger partial charge is 1.00 e. The van der Waals surface area contributed by atoms with Gasteiger partial charge in [0.25, 0.3) is 0 Å². The Balaban J connectivity index is 0.00000162. The quantitative estimate of drug-likeness (QED) is 0.713. The molecule has 0 saturated carbocycles. The predicted molar refractivity (Wildman–Crippen MR) is 66.3 cm³/mol. The van der Waals surface area contributed by atoms with Crippen molar-refractivity contribution in [2.24, 2.45) is 0 Å². The number of hydrogen-bond donors (Lipinski definition) is 0. The van der Waals surface area contributed by atoms with Gasteiger partial charge in [-0.2, -0.15) is 0 Å². The summed E-state index contributed by atoms with van der Waals surface area (Å²) in [5, 5.41) is 13.8. The van der Waals surface area contributed by atoms with Crippen LogP contribution in [0.3, 0.4) is 0 Å². The van der Waals surface area contributed by atoms with E-state index in [2.05, 4.69) is 4.98 Å². The van der Waals surface area contributed by atoms with Crippen LogP contribution in [0.4, 0.5) is 0 Å². The first-order chi connectivity index (χ1) is 8.06. The maximum absolute atomic E-state index is 10.4. The Bertz CT molecular complexity index is 574. The molecule has 0 radical (unpaired) electrons. The number of aliphatic carboxylic acids is 1. The number of halogens is 2. The molecule has 0 fully saturated rings. The van der Waals surface area contributed by atoms with E-state index < -0.39 is 5.97 Å². The molecule has 0 amide bonds. The summed E-state index contributed by atoms with van der Waals surface area (Å²) in [7, 11) is 0. The molecule has 1 aromatic carbocycles. The van der Waals surface area contributed by atoms with Gasteiger partial charge in [-0.05, 0) is 18.2 Å². The molecule has 3 nitrogen and oxygen atoms in total. The van der Waals surface area contributed by atoms with Crippen LogP contribution < -0.4 is 34.7 Å². The Morgan fingerprint density at radius 3 is 2.78 bits per heavy atom. The van der Waals surface area contributed by atoms with Crippen molar-refractivity contribution in [3.63, 3.8) is 0 Å². The van der Waals surface area contributed by atoms with E-state index in [1.54, 1.807) is 23.6 Å². The fraction of sp³-hybridized carbons (Fsp3) is 0.0909. The van der Waals surface area contributed by atoms with Gasteiger partial charge in [0.05, 0.1) is 15.7 Å². The number of carbonyl (C=O) groups is 1. The van der Waals surface area contributed by atoms with Crippen molar-refractivity contribution in [1.29, 1.82) is 0 Å². The smallest absolute Gasteiger partial charge is 0.550 e. The van der Waals surface area contributed by atoms with Gasteiger partial charge in [0.15, 0.2) is 0 Å². The Kier molecular flexibility index (Phi) is 6.11. The zero-order valence-electron chi connectivity index (χ0n) is 9.44. The first kappa shape index (κ1) is 16.0. The average molecular weight is 310 g/mol. The normalized spacial score (nSPS) is 9.89. The van der Waals surface area contributed by atoms with E-state index in [0.717, 1.165) is 0 Å². The molecular weight excluding hydrogens is 304 g/mol. The standard InChI is InChI=1S/C11H7Cl2NO2S.Na/c12-6-1-2-8(13)7(3-6)9-5-17-10(14-9)4-11(15)16;/h1-3,5H,4H2,(H,15,16);/q;+1/p-1. The Hall–Kier alpha value is -0.1000. The predicted octanol–water partition coefficient (Wildman–Crippen LogP) is -0.587. The summed E-state index contributed by atoms with van der Waals surface area (Å²) >= 11 is 13.1. The Morgan fingerprint density at radius 1 is 1.39 bits per heavy atom. The number of carboxylic acids is 1. The van der Waals surface area contributed by atoms with Crippen LogP contribution in [-0.2, 0) is 11.2 Å². The summed E-state index contributed by atoms with van der Waals surface area (Å²) < 4.78 is 0. The number of benzene rings is 1. The van der Waals surface area contributed by atoms with Crippen LogP contribution in [0.1, 0.15) is 5.01 Å². The van der Waals surface area contributed by atoms with Crippen molar-refractivity contribution >= 4 is 40.5 Å². The van der Waals surface area contributed by atoms with Crippen LogP contribution in [0, 0.1) is 0 Å². The molecule has 1 aromatic heterocycles. The number of carboxylic acid groups (broad SMARTS) is 1. The summed E-state index contributed by atoms with van der Waals surface area (Å²) in [6, 6.07) is 5.06. The van der Waals surface area contributed by atoms with E-state index in [1.165, 1.54) is 11.3 Å². The zero-order valence-corrected chi connectivity index (χ0v) is 13.8. The van der Waals surface area contributed by atoms with Crippen LogP contribution in [-0.4, -0.2) is 11.0 Å². The van der Waals surface area contributed by atoms with Crippen molar-refractivity contribution < 1.29 is 39.5 Å². The maximum Gasteiger partial charge on any atom is 1.00 e. The second kappa shape index (κ2) is 6.89. The summed E-state index contributed by atoms with van der Waals surface area (Å²) in [6.45, 7) is 0. The van der Waals surface area contributed by atoms with Crippen molar-refractivity contribution in [2.45, 2.75) is 6.42 Å². The number of hydrogen-bond acceptors (Lipinski definition) is 4. The molecule has 0 unspecified atom stereocenters. The summed E-state index contributed by atoms with van der Waals surface area (Å²) in [5.74, 6) is -1.15. The second-order valence-corrected chi connectivity index (χ2v) is 5.09. The number of thiazole rings is 1. The van der Waals surface area contributed by atoms with Gasteiger partial charge in [-0.25, -0.2) is 4.98 Å². The van der Waals surface area contributed by atoms with Crippen LogP contribution in [0.2, 0.25) is 10.0 Å². The minimum Gasteiger partial charge on any atom is -0.550 e. The van der Waals surface area contributed by atoms with Crippen molar-refractivity contribution in [3.05, 3.63) is 38.6 Å². The van der Waals surface area contributed by atoms with Crippen LogP contribution in [0.15, 0.2) is 23.6 Å². The molecule has 0 saturated heterocycles. The minimum absolute atomic E-state index is 0. The van der Waals surface area contributed by atoms with Crippen molar-refractivity contribution in [3.8, 4) is 11.3 Å². The first-order valence-electron chi connectivity index (χ1n) is 4.66. The first-order valence-corrected chi connectivity index (χ1v) is 6.29. The molecule has 2 aromatic rings. The number of nitrogens with zero attached hydrogens (tertiary/aromatic N) is 1. The van der Waals surface area contributed by atoms with Gasteiger partial charge >= 0.3 is 29.6 Å². The molecule has 2 rings (SSSR count). The fourth-order valence-electron chi connectivity index (χ4n) is 1.33. The molecule has 18 heavy (non-hydrogen) atoms. The molecule has 1 heterocycles. The van der Waals surface area contributed by atoms with Gasteiger partial charge in [-0.1, -0.05) is 23.2 Å². The van der Waals surface area contributed by atoms with Crippen LogP contribution in [0.25, 0.3) is 11.3 Å². The van der Waals surface area contributed by atoms with Crippen LogP contribution in [0.5, 0.6) is 0 Å². The Morgan fingerprint density at radius 2 is 2.11 bits per heavy atom. The van der Waals surface area contributed by atoms with Gasteiger partial charge in [-0.15, -0.1) is 11.3 Å². The molecule has 0 aliphatic rings. The fourth-order valence-corrected chi connectivity index (χ4v) is 2.50. The topological polar surface area (TPSA) is 53.0 Å². The van der Waals surface area contributed by atoms with Crippen molar-refractivity contribution in [1.82, 2.24) is 4.98 Å². The Labute approximate surface area is 140 Å². The molecule has 0 atom stereocenters. The molecule has 0 spiro atoms. The van der Waals surface area contributed by atoms with Gasteiger partial charge in [0, 0.05) is 28.4 Å². The van der Waals surface area contributed by atoms with E-state index in [9.17, 15) is 9.90 Å². The third-order valence-electron chi connectivity index (χ3n) is 2.05. The molecule has 0 N–H and O–H groups in total. The zero-order chi connectivity index (χ0) is 12.4. The average Bonchev–Trinajstić information content (AvgIpc) is 2.69. The number of aromatic nitrogens is 1. The molecule has 0 aliphatic carbocycles. The third-order valence-corrected chi connectivity index (χ3v) is 3.47. The molecule has 7 heteroatoms. The van der Waals surface area contributed by atoms with E-state index in [0.29, 0.717) is 26.3 Å². The maximum atomic E-state index is 10.4. The summed E-state index contributed by atoms with van der Waals surface area (Å²) in [6.07, 6.45) is -0.192. The van der Waals surface area contributed by atoms with E-state index in [4.69, 9.17) is 23.2 Å². The van der Waals surface area contributed by atoms with E-state index >= 15 is 0 Å². The summed E-state index contributed by atoms with van der Waals surface area (Å²) in [5.41, 5.74) is 1.32. The summed E-state index contributed by atoms with van der Waals surface area (Å²) in [4.78, 5) is 14.6. The number of rotatable bonds is 3. The van der Waals surface area contributed by atoms with Gasteiger partial charge in [0.1, 0.15) is 0 Å². The monoisotopic (exact) mass is 309 g/mol. The third kappa shape index (κ3) is 3.95. The van der Waals surface area contributed by atoms with Crippen LogP contribution >= 0.6 is 34.5 Å². The molecule has 88 valence electrons.